The molecule has 66 heteroatoms. The number of nitrogens with one attached hydrogen (secondary N) is 6. The predicted octanol–water partition coefficient (Wildman–Crippen LogP) is -25.3. The second-order valence-corrected chi connectivity index (χ2v) is 38.1. The molecule has 0 aliphatic carbocycles. The lowest BCUT2D eigenvalue weighted by atomic mass is 9.93. The molecular weight excluding hydrogens is 2050 g/mol. The molecule has 12 heterocycles. The fourth-order valence-corrected chi connectivity index (χ4v) is 19.6. The zero-order valence-corrected chi connectivity index (χ0v) is 81.1. The van der Waals surface area contributed by atoms with Crippen LogP contribution in [0.5, 0.6) is 0 Å². The first-order valence-corrected chi connectivity index (χ1v) is 48.0. The van der Waals surface area contributed by atoms with Crippen molar-refractivity contribution in [3.63, 3.8) is 0 Å². The van der Waals surface area contributed by atoms with Crippen LogP contribution in [-0.2, 0) is 138 Å². The molecule has 0 bridgehead atoms. The highest BCUT2D eigenvalue weighted by atomic mass is 16.8. The molecule has 0 unspecified atom stereocenters. The van der Waals surface area contributed by atoms with Crippen molar-refractivity contribution < 1.29 is 296 Å². The van der Waals surface area contributed by atoms with E-state index in [9.17, 15) is 187 Å². The van der Waals surface area contributed by atoms with Gasteiger partial charge in [-0.05, 0) is 6.92 Å². The molecule has 12 fully saturated rings. The summed E-state index contributed by atoms with van der Waals surface area (Å²) >= 11 is 0. The first kappa shape index (κ1) is 123. The van der Waals surface area contributed by atoms with Crippen LogP contribution in [0.15, 0.2) is 0 Å². The number of aliphatic hydroxyl groups excluding tert-OH is 31. The highest BCUT2D eigenvalue weighted by Gasteiger charge is 2.65. The fraction of sp³-hybridized carbons (Fsp3) is 0.929. The number of carbonyl (C=O) groups is 6. The van der Waals surface area contributed by atoms with Crippen molar-refractivity contribution in [2.24, 2.45) is 0 Å². The third kappa shape index (κ3) is 27.5. The molecular formula is C84H140N6O60. The van der Waals surface area contributed by atoms with E-state index in [0.29, 0.717) is 0 Å². The van der Waals surface area contributed by atoms with E-state index in [0.717, 1.165) is 41.5 Å². The Labute approximate surface area is 849 Å². The molecule has 37 N–H and O–H groups in total. The molecule has 12 rings (SSSR count). The summed E-state index contributed by atoms with van der Waals surface area (Å²) in [5, 5.41) is 369. The van der Waals surface area contributed by atoms with Gasteiger partial charge in [-0.2, -0.15) is 0 Å². The Bertz CT molecular complexity index is 4250. The van der Waals surface area contributed by atoms with Gasteiger partial charge < -0.3 is 299 Å². The van der Waals surface area contributed by atoms with E-state index in [1.54, 1.807) is 0 Å². The maximum Gasteiger partial charge on any atom is 0.217 e. The quantitative estimate of drug-likeness (QED) is 0.0272. The van der Waals surface area contributed by atoms with E-state index in [1.165, 1.54) is 6.92 Å². The minimum atomic E-state index is -2.96. The summed E-state index contributed by atoms with van der Waals surface area (Å²) in [5.74, 6) is -6.20. The van der Waals surface area contributed by atoms with Gasteiger partial charge in [-0.15, -0.1) is 0 Å². The van der Waals surface area contributed by atoms with Gasteiger partial charge in [0.05, 0.1) is 78.8 Å². The van der Waals surface area contributed by atoms with Gasteiger partial charge >= 0.3 is 0 Å². The minimum Gasteiger partial charge on any atom is -0.394 e. The molecule has 0 aromatic rings. The van der Waals surface area contributed by atoms with Gasteiger partial charge in [0, 0.05) is 41.5 Å². The summed E-state index contributed by atoms with van der Waals surface area (Å²) in [6.45, 7) is -7.02. The summed E-state index contributed by atoms with van der Waals surface area (Å²) in [6, 6.07) is -12.5. The monoisotopic (exact) mass is 2190 g/mol. The van der Waals surface area contributed by atoms with Crippen molar-refractivity contribution in [2.75, 3.05) is 72.7 Å². The van der Waals surface area contributed by atoms with Crippen LogP contribution in [0.3, 0.4) is 0 Å². The molecule has 0 aromatic carbocycles. The van der Waals surface area contributed by atoms with Gasteiger partial charge in [0.1, 0.15) is 287 Å². The SMILES string of the molecule is CC(=O)N[C@@H]1[C@@H](O)[C@H](O[C@@H]2O[C@H](CO)[C@@H](O[C@@H]3O[C@H](CO[C@H]4O[C@H](CO)[C@@H](O)[C@H](O)[C@@H]4O[C@@H]4O[C@H](CO)[C@@H](O)[C@H](O)[C@H]4NC(C)=O)[C@@H](O[C@@H]4O[C@H](CO)[C@@H](O)[C@H](O)[C@H]4NC(C)=O)[C@H](O[C@H]4O[C@H](CO)[C@@H](O[C@@H]5O[C@H](CO)[C@@H](O[C@@H]6O[C@H](CO)[C@H](O)[C@H](O)[C@H]6O)[C@H](O)[C@H]5NC(C)=O)[C@H](O)[C@@H]4O[C@@H]4O[C@H](CO)[C@@H](O[C@@H]5O[C@H](CO)[C@H](O)[C@H](O)[C@H]5O)[C@H](O)[C@H]4NC(C)=O)[C@@H]3O)[C@H](O)[C@H]2NC(C)=O)[C@@H](CO[C@@H]2O[C@@H](C)[C@@H](O)[C@@H](O)[C@@H]2O)O[C@H]1O. The average Bonchev–Trinajstić information content (AvgIpc) is 0.747. The zero-order valence-electron chi connectivity index (χ0n) is 81.1. The smallest absolute Gasteiger partial charge is 0.217 e. The molecule has 6 amide bonds. The summed E-state index contributed by atoms with van der Waals surface area (Å²) in [4.78, 5) is 79.7. The van der Waals surface area contributed by atoms with E-state index in [1.807, 2.05) is 0 Å². The van der Waals surface area contributed by atoms with Crippen LogP contribution in [0, 0.1) is 0 Å². The van der Waals surface area contributed by atoms with Crippen LogP contribution in [0.1, 0.15) is 48.5 Å². The molecule has 866 valence electrons. The zero-order chi connectivity index (χ0) is 110. The number of carbonyl (C=O) groups excluding carboxylic acids is 6. The minimum absolute atomic E-state index is 0.837. The third-order valence-corrected chi connectivity index (χ3v) is 27.4. The molecule has 12 aliphatic heterocycles. The third-order valence-electron chi connectivity index (χ3n) is 27.4. The van der Waals surface area contributed by atoms with Crippen LogP contribution in [0.2, 0.25) is 0 Å². The first-order valence-electron chi connectivity index (χ1n) is 48.0. The second-order valence-electron chi connectivity index (χ2n) is 38.1. The molecule has 150 heavy (non-hydrogen) atoms. The molecule has 0 saturated carbocycles. The van der Waals surface area contributed by atoms with E-state index < -0.39 is 476 Å². The van der Waals surface area contributed by atoms with Gasteiger partial charge in [0.25, 0.3) is 0 Å². The summed E-state index contributed by atoms with van der Waals surface area (Å²) in [6.07, 6.45) is -121. The number of amides is 6. The van der Waals surface area contributed by atoms with E-state index >= 15 is 0 Å². The molecule has 0 radical (unpaired) electrons. The summed E-state index contributed by atoms with van der Waals surface area (Å²) < 4.78 is 142. The van der Waals surface area contributed by atoms with Crippen LogP contribution in [-0.4, -0.2) is 635 Å². The van der Waals surface area contributed by atoms with Gasteiger partial charge in [-0.1, -0.05) is 0 Å². The van der Waals surface area contributed by atoms with Crippen LogP contribution < -0.4 is 31.9 Å². The highest BCUT2D eigenvalue weighted by molar-refractivity contribution is 5.75. The maximum atomic E-state index is 13.8. The van der Waals surface area contributed by atoms with E-state index in [4.69, 9.17) is 109 Å². The summed E-state index contributed by atoms with van der Waals surface area (Å²) in [7, 11) is 0. The standard InChI is InChI=1S/C84H140N6O60/c1-19-43(106)55(118)59(122)79(130-19)128-17-35-68(51(114)37(73(127)131-35)85-20(2)100)143-77-41(89-24(6)104)53(116)66(33(15-98)138-77)146-82-63(126)70(69(147-74-38(86-21(3)101)49(112)44(107)26(8-91)132-74)36(141-82)18-129-83-71(58(121)48(111)30(12-95)136-83)149-75-39(87-22(4)102)50(113)45(108)27(9-92)133-75)148-84-72(150-78-42(90-25(7)105)54(117)65(32(14-97)139-78)145-81-61(124)57(120)47(110)29(11-94)135-81)62(125)67(34(16-99)140-84)142-76-40(88-23(5)103)52(115)64(31(13-96)137-76)144-80-60(123)56(119)46(109)28(10-93)134-80/h19,26-84,91-99,106-127H,8-18H2,1-7H3,(H,85,100)(H,86,101)(H,87,102)(H,88,103)(H,89,104)(H,90,105)/t19-,26+,27+,28+,29+,30+,31+,32+,33+,34+,35+,36+,37+,38+,39+,40+,41+,42+,43+,44+,45+,46-,47-,48+,49+,50+,51+,52+,53+,54+,55+,56-,57-,58-,59-,60+,61+,62-,63-,64+,65+,66+,67+,68+,69+,70+,71-,72-,73+,74-,75-,76-,77-,78-,79+,80-,81-,82-,83-,84+/m0/s1. The van der Waals surface area contributed by atoms with E-state index in [-0.39, 0.29) is 0 Å². The lowest BCUT2D eigenvalue weighted by Gasteiger charge is -2.53. The normalized spacial score (nSPS) is 48.8. The second kappa shape index (κ2) is 54.0. The molecule has 66 nitrogen and oxygen atoms in total. The molecule has 12 aliphatic rings. The Morgan fingerprint density at radius 1 is 0.187 bits per heavy atom. The van der Waals surface area contributed by atoms with Gasteiger partial charge in [0.15, 0.2) is 75.5 Å². The number of hydrogen-bond acceptors (Lipinski definition) is 60. The van der Waals surface area contributed by atoms with Crippen LogP contribution >= 0.6 is 0 Å². The maximum absolute atomic E-state index is 13.8. The molecule has 0 spiro atoms. The Kier molecular flexibility index (Phi) is 44.4. The van der Waals surface area contributed by atoms with Gasteiger partial charge in [-0.3, -0.25) is 28.8 Å². The van der Waals surface area contributed by atoms with Crippen molar-refractivity contribution >= 4 is 35.4 Å². The fourth-order valence-electron chi connectivity index (χ4n) is 19.6. The Hall–Kier alpha value is -5.34. The van der Waals surface area contributed by atoms with Crippen LogP contribution in [0.25, 0.3) is 0 Å². The molecule has 12 saturated heterocycles. The average molecular weight is 2190 g/mol. The number of hydrogen-bond donors (Lipinski definition) is 37. The Morgan fingerprint density at radius 2 is 0.413 bits per heavy atom. The predicted molar refractivity (Wildman–Crippen MR) is 463 cm³/mol. The Balaban J connectivity index is 1.01. The van der Waals surface area contributed by atoms with Crippen molar-refractivity contribution in [1.29, 1.82) is 0 Å². The van der Waals surface area contributed by atoms with Crippen molar-refractivity contribution in [3.8, 4) is 0 Å². The Morgan fingerprint density at radius 3 is 0.773 bits per heavy atom. The number of rotatable bonds is 39. The van der Waals surface area contributed by atoms with E-state index in [2.05, 4.69) is 31.9 Å². The number of ether oxygens (including phenoxy) is 23. The molecule has 0 aromatic heterocycles. The number of aliphatic hydroxyl groups is 31. The van der Waals surface area contributed by atoms with Crippen LogP contribution in [0.4, 0.5) is 0 Å². The lowest BCUT2D eigenvalue weighted by molar-refractivity contribution is -0.414. The van der Waals surface area contributed by atoms with Crippen molar-refractivity contribution in [1.82, 2.24) is 31.9 Å². The van der Waals surface area contributed by atoms with Gasteiger partial charge in [-0.25, -0.2) is 0 Å². The summed E-state index contributed by atoms with van der Waals surface area (Å²) in [5.41, 5.74) is 0. The highest BCUT2D eigenvalue weighted by Crippen LogP contribution is 2.44. The molecule has 60 atom stereocenters. The lowest BCUT2D eigenvalue weighted by Crippen LogP contribution is -2.72. The van der Waals surface area contributed by atoms with Crippen molar-refractivity contribution in [3.05, 3.63) is 0 Å². The van der Waals surface area contributed by atoms with Gasteiger partial charge in [0.2, 0.25) is 35.4 Å². The first-order chi connectivity index (χ1) is 70.9. The van der Waals surface area contributed by atoms with Crippen molar-refractivity contribution in [2.45, 2.75) is 417 Å². The topological polar surface area (TPSA) is 1010 Å². The largest absolute Gasteiger partial charge is 0.394 e.